The Morgan fingerprint density at radius 2 is 1.04 bits per heavy atom. The Balaban J connectivity index is 1.03. The van der Waals surface area contributed by atoms with Crippen LogP contribution in [0.4, 0.5) is 17.1 Å². The number of benzene rings is 6. The van der Waals surface area contributed by atoms with Crippen molar-refractivity contribution >= 4 is 70.6 Å². The van der Waals surface area contributed by atoms with Crippen molar-refractivity contribution in [3.8, 4) is 39.7 Å². The average Bonchev–Trinajstić information content (AvgIpc) is 3.75. The van der Waals surface area contributed by atoms with Gasteiger partial charge in [0, 0.05) is 33.3 Å². The van der Waals surface area contributed by atoms with Crippen LogP contribution < -0.4 is 9.64 Å². The summed E-state index contributed by atoms with van der Waals surface area (Å²) in [6, 6.07) is 59.4. The van der Waals surface area contributed by atoms with Crippen LogP contribution in [0.25, 0.3) is 70.4 Å². The molecule has 0 amide bonds. The van der Waals surface area contributed by atoms with Crippen molar-refractivity contribution in [2.75, 3.05) is 4.90 Å². The second kappa shape index (κ2) is 11.4. The predicted molar refractivity (Wildman–Crippen MR) is 215 cm³/mol. The summed E-state index contributed by atoms with van der Waals surface area (Å²) in [5.41, 5.74) is 12.3. The number of fused-ring (bicyclic) bond motifs is 8. The van der Waals surface area contributed by atoms with Gasteiger partial charge < -0.3 is 14.2 Å². The van der Waals surface area contributed by atoms with Crippen molar-refractivity contribution in [1.29, 1.82) is 0 Å². The molecule has 10 aromatic rings. The van der Waals surface area contributed by atoms with E-state index in [1.165, 1.54) is 16.3 Å². The summed E-state index contributed by atoms with van der Waals surface area (Å²) in [5.74, 6) is 1.64. The van der Waals surface area contributed by atoms with Gasteiger partial charge in [-0.1, -0.05) is 78.9 Å². The van der Waals surface area contributed by atoms with Gasteiger partial charge in [-0.2, -0.15) is 0 Å². The van der Waals surface area contributed by atoms with Crippen molar-refractivity contribution in [2.24, 2.45) is 0 Å². The van der Waals surface area contributed by atoms with E-state index in [0.717, 1.165) is 82.7 Å². The molecule has 1 aliphatic heterocycles. The van der Waals surface area contributed by atoms with E-state index in [2.05, 4.69) is 155 Å². The van der Waals surface area contributed by atoms with E-state index in [0.29, 0.717) is 0 Å². The molecular weight excluding hydrogens is 657 g/mol. The lowest BCUT2D eigenvalue weighted by molar-refractivity contribution is 0.477. The van der Waals surface area contributed by atoms with Crippen LogP contribution in [0.5, 0.6) is 11.5 Å². The molecular formula is C46H28N4OS. The quantitative estimate of drug-likeness (QED) is 0.185. The molecule has 6 aromatic carbocycles. The Morgan fingerprint density at radius 1 is 0.442 bits per heavy atom. The molecule has 0 radical (unpaired) electrons. The van der Waals surface area contributed by atoms with Crippen molar-refractivity contribution in [1.82, 2.24) is 14.5 Å². The molecule has 0 spiro atoms. The molecule has 5 heterocycles. The molecule has 0 aliphatic carbocycles. The first-order chi connectivity index (χ1) is 25.8. The number of ether oxygens (including phenoxy) is 1. The minimum absolute atomic E-state index is 0.808. The zero-order valence-electron chi connectivity index (χ0n) is 27.8. The van der Waals surface area contributed by atoms with Gasteiger partial charge in [0.05, 0.1) is 43.2 Å². The summed E-state index contributed by atoms with van der Waals surface area (Å²) in [7, 11) is 0. The molecule has 5 nitrogen and oxygen atoms in total. The number of para-hydroxylation sites is 5. The number of anilines is 3. The van der Waals surface area contributed by atoms with Gasteiger partial charge in [0.15, 0.2) is 11.5 Å². The summed E-state index contributed by atoms with van der Waals surface area (Å²) >= 11 is 1.73. The van der Waals surface area contributed by atoms with Gasteiger partial charge in [0.2, 0.25) is 0 Å². The summed E-state index contributed by atoms with van der Waals surface area (Å²) in [4.78, 5) is 12.8. The van der Waals surface area contributed by atoms with Crippen molar-refractivity contribution in [2.45, 2.75) is 0 Å². The maximum Gasteiger partial charge on any atom is 0.151 e. The third-order valence-corrected chi connectivity index (χ3v) is 11.1. The van der Waals surface area contributed by atoms with Gasteiger partial charge in [-0.3, -0.25) is 0 Å². The predicted octanol–water partition coefficient (Wildman–Crippen LogP) is 12.9. The number of nitrogens with zero attached hydrogens (tertiary/aromatic N) is 4. The molecule has 4 aromatic heterocycles. The maximum absolute atomic E-state index is 6.40. The van der Waals surface area contributed by atoms with Crippen LogP contribution >= 0.6 is 11.3 Å². The summed E-state index contributed by atoms with van der Waals surface area (Å²) in [5, 5.41) is 2.46. The molecule has 0 atom stereocenters. The van der Waals surface area contributed by atoms with Gasteiger partial charge in [0.1, 0.15) is 11.0 Å². The zero-order chi connectivity index (χ0) is 34.2. The molecule has 0 saturated carbocycles. The van der Waals surface area contributed by atoms with E-state index in [9.17, 15) is 0 Å². The standard InChI is InChI=1S/C46H28N4OS/c1-3-11-31(12-4-1)49-37-16-8-7-15-33(37)34-21-19-29(27-39(34)49)35-22-25-43-45(47-35)46-44(52-43)26-23-36(48-46)30-20-24-42-40(28-30)50(32-13-5-2-6-14-32)38-17-9-10-18-41(38)51-42/h1-28H. The molecule has 6 heteroatoms. The van der Waals surface area contributed by atoms with Crippen LogP contribution in [0.2, 0.25) is 0 Å². The van der Waals surface area contributed by atoms with E-state index in [-0.39, 0.29) is 0 Å². The Morgan fingerprint density at radius 3 is 1.81 bits per heavy atom. The van der Waals surface area contributed by atoms with E-state index in [1.54, 1.807) is 11.3 Å². The number of hydrogen-bond donors (Lipinski definition) is 0. The minimum atomic E-state index is 0.808. The number of rotatable bonds is 4. The van der Waals surface area contributed by atoms with Crippen molar-refractivity contribution < 1.29 is 4.74 Å². The molecule has 0 fully saturated rings. The SMILES string of the molecule is c1ccc(N2c3ccccc3Oc3ccc(-c4ccc5sc6ccc(-c7ccc8c9ccccc9n(-c9ccccc9)c8c7)nc6c5n4)cc32)cc1. The lowest BCUT2D eigenvalue weighted by Crippen LogP contribution is -2.15. The van der Waals surface area contributed by atoms with Crippen molar-refractivity contribution in [3.05, 3.63) is 170 Å². The highest BCUT2D eigenvalue weighted by molar-refractivity contribution is 7.25. The highest BCUT2D eigenvalue weighted by Crippen LogP contribution is 2.51. The van der Waals surface area contributed by atoms with Crippen molar-refractivity contribution in [3.63, 3.8) is 0 Å². The highest BCUT2D eigenvalue weighted by atomic mass is 32.1. The Labute approximate surface area is 303 Å². The van der Waals surface area contributed by atoms with Gasteiger partial charge >= 0.3 is 0 Å². The summed E-state index contributed by atoms with van der Waals surface area (Å²) in [6.07, 6.45) is 0. The van der Waals surface area contributed by atoms with Gasteiger partial charge in [-0.05, 0) is 91.0 Å². The van der Waals surface area contributed by atoms with E-state index < -0.39 is 0 Å². The van der Waals surface area contributed by atoms with E-state index in [1.807, 2.05) is 24.3 Å². The smallest absolute Gasteiger partial charge is 0.151 e. The molecule has 52 heavy (non-hydrogen) atoms. The Kier molecular flexibility index (Phi) is 6.35. The first-order valence-corrected chi connectivity index (χ1v) is 18.1. The fourth-order valence-electron chi connectivity index (χ4n) is 7.59. The van der Waals surface area contributed by atoms with Gasteiger partial charge in [-0.15, -0.1) is 11.3 Å². The van der Waals surface area contributed by atoms with Crippen LogP contribution in [0.3, 0.4) is 0 Å². The number of aromatic nitrogens is 3. The van der Waals surface area contributed by atoms with Crippen LogP contribution in [-0.2, 0) is 0 Å². The molecule has 0 bridgehead atoms. The van der Waals surface area contributed by atoms with E-state index in [4.69, 9.17) is 14.7 Å². The fraction of sp³-hybridized carbons (Fsp3) is 0. The average molecular weight is 685 g/mol. The zero-order valence-corrected chi connectivity index (χ0v) is 28.6. The Hall–Kier alpha value is -6.76. The number of pyridine rings is 2. The third-order valence-electron chi connectivity index (χ3n) is 9.98. The molecule has 0 unspecified atom stereocenters. The van der Waals surface area contributed by atoms with Crippen LogP contribution in [-0.4, -0.2) is 14.5 Å². The van der Waals surface area contributed by atoms with Gasteiger partial charge in [-0.25, -0.2) is 9.97 Å². The monoisotopic (exact) mass is 684 g/mol. The Bertz CT molecular complexity index is 3000. The summed E-state index contributed by atoms with van der Waals surface area (Å²) in [6.45, 7) is 0. The maximum atomic E-state index is 6.40. The first kappa shape index (κ1) is 29.0. The second-order valence-corrected chi connectivity index (χ2v) is 14.1. The third kappa shape index (κ3) is 4.48. The van der Waals surface area contributed by atoms with E-state index >= 15 is 0 Å². The van der Waals surface area contributed by atoms with Gasteiger partial charge in [0.25, 0.3) is 0 Å². The normalized spacial score (nSPS) is 12.3. The van der Waals surface area contributed by atoms with Crippen LogP contribution in [0.1, 0.15) is 0 Å². The second-order valence-electron chi connectivity index (χ2n) is 13.0. The topological polar surface area (TPSA) is 43.2 Å². The lowest BCUT2D eigenvalue weighted by atomic mass is 10.1. The largest absolute Gasteiger partial charge is 0.453 e. The lowest BCUT2D eigenvalue weighted by Gasteiger charge is -2.33. The first-order valence-electron chi connectivity index (χ1n) is 17.3. The molecule has 0 N–H and O–H groups in total. The molecule has 11 rings (SSSR count). The van der Waals surface area contributed by atoms with Crippen LogP contribution in [0.15, 0.2) is 170 Å². The number of hydrogen-bond acceptors (Lipinski definition) is 5. The molecule has 244 valence electrons. The fourth-order valence-corrected chi connectivity index (χ4v) is 8.58. The highest BCUT2D eigenvalue weighted by Gasteiger charge is 2.26. The number of thiophene rings is 1. The minimum Gasteiger partial charge on any atom is -0.453 e. The summed E-state index contributed by atoms with van der Waals surface area (Å²) < 4.78 is 11.0. The van der Waals surface area contributed by atoms with Crippen LogP contribution in [0, 0.1) is 0 Å². The molecule has 0 saturated heterocycles. The molecule has 1 aliphatic rings.